The lowest BCUT2D eigenvalue weighted by atomic mass is 9.45. The minimum Gasteiger partial charge on any atom is -0.300 e. The van der Waals surface area contributed by atoms with Crippen molar-refractivity contribution in [2.75, 3.05) is 0 Å². The van der Waals surface area contributed by atoms with Crippen molar-refractivity contribution in [1.29, 1.82) is 0 Å². The molecule has 4 aliphatic carbocycles. The summed E-state index contributed by atoms with van der Waals surface area (Å²) in [5.74, 6) is 2.05. The summed E-state index contributed by atoms with van der Waals surface area (Å²) in [7, 11) is 0. The Kier molecular flexibility index (Phi) is 3.00. The molecule has 4 rings (SSSR count). The molecule has 4 aliphatic rings. The van der Waals surface area contributed by atoms with Crippen molar-refractivity contribution >= 4 is 17.3 Å². The molecule has 0 heterocycles. The normalized spacial score (nSPS) is 51.3. The minimum absolute atomic E-state index is 0.0571. The van der Waals surface area contributed by atoms with E-state index in [1.165, 1.54) is 0 Å². The first-order valence-electron chi connectivity index (χ1n) is 8.90. The summed E-state index contributed by atoms with van der Waals surface area (Å²) in [6.07, 6.45) is 6.24. The monoisotopic (exact) mass is 302 g/mol. The molecule has 0 aromatic carbocycles. The maximum absolute atomic E-state index is 12.9. The Bertz CT molecular complexity index is 565. The molecule has 3 nitrogen and oxygen atoms in total. The van der Waals surface area contributed by atoms with Gasteiger partial charge in [0.05, 0.1) is 0 Å². The summed E-state index contributed by atoms with van der Waals surface area (Å²) in [6, 6.07) is 0. The highest BCUT2D eigenvalue weighted by molar-refractivity contribution is 5.88. The summed E-state index contributed by atoms with van der Waals surface area (Å²) in [4.78, 5) is 36.8. The van der Waals surface area contributed by atoms with Crippen LogP contribution in [0.1, 0.15) is 65.2 Å². The van der Waals surface area contributed by atoms with Gasteiger partial charge in [-0.25, -0.2) is 0 Å². The number of rotatable bonds is 0. The van der Waals surface area contributed by atoms with Gasteiger partial charge in [-0.15, -0.1) is 0 Å². The highest BCUT2D eigenvalue weighted by atomic mass is 16.1. The molecule has 0 radical (unpaired) electrons. The molecule has 4 saturated carbocycles. The predicted molar refractivity (Wildman–Crippen MR) is 82.1 cm³/mol. The lowest BCUT2D eigenvalue weighted by Crippen LogP contribution is -2.56. The van der Waals surface area contributed by atoms with Gasteiger partial charge in [0, 0.05) is 38.0 Å². The Morgan fingerprint density at radius 3 is 2.45 bits per heavy atom. The first-order valence-corrected chi connectivity index (χ1v) is 8.90. The van der Waals surface area contributed by atoms with Gasteiger partial charge in [-0.05, 0) is 47.8 Å². The predicted octanol–water partition coefficient (Wildman–Crippen LogP) is 3.35. The van der Waals surface area contributed by atoms with Gasteiger partial charge in [-0.1, -0.05) is 13.8 Å². The van der Waals surface area contributed by atoms with Crippen molar-refractivity contribution in [1.82, 2.24) is 0 Å². The molecular weight excluding hydrogens is 276 g/mol. The van der Waals surface area contributed by atoms with E-state index in [2.05, 4.69) is 13.8 Å². The van der Waals surface area contributed by atoms with Gasteiger partial charge in [0.15, 0.2) is 0 Å². The molecule has 0 spiro atoms. The number of carbonyl (C=O) groups is 3. The lowest BCUT2D eigenvalue weighted by molar-refractivity contribution is -0.156. The smallest absolute Gasteiger partial charge is 0.136 e. The molecule has 0 aromatic heterocycles. The van der Waals surface area contributed by atoms with Crippen LogP contribution in [0.25, 0.3) is 0 Å². The number of fused-ring (bicyclic) bond motifs is 5. The van der Waals surface area contributed by atoms with E-state index in [0.717, 1.165) is 19.3 Å². The lowest BCUT2D eigenvalue weighted by Gasteiger charge is -2.58. The summed E-state index contributed by atoms with van der Waals surface area (Å²) in [6.45, 7) is 4.55. The number of hydrogen-bond acceptors (Lipinski definition) is 3. The van der Waals surface area contributed by atoms with E-state index in [-0.39, 0.29) is 28.6 Å². The van der Waals surface area contributed by atoms with Crippen molar-refractivity contribution in [2.45, 2.75) is 65.2 Å². The third kappa shape index (κ3) is 1.83. The first kappa shape index (κ1) is 14.6. The molecule has 0 aliphatic heterocycles. The Hall–Kier alpha value is -0.990. The molecule has 4 fully saturated rings. The van der Waals surface area contributed by atoms with Crippen LogP contribution in [0.5, 0.6) is 0 Å². The Morgan fingerprint density at radius 1 is 0.909 bits per heavy atom. The third-order valence-electron chi connectivity index (χ3n) is 7.85. The van der Waals surface area contributed by atoms with Crippen LogP contribution in [-0.2, 0) is 14.4 Å². The topological polar surface area (TPSA) is 51.2 Å². The molecule has 3 heteroatoms. The van der Waals surface area contributed by atoms with E-state index in [0.29, 0.717) is 55.4 Å². The van der Waals surface area contributed by atoms with Crippen LogP contribution < -0.4 is 0 Å². The second kappa shape index (κ2) is 4.52. The standard InChI is InChI=1S/C19H26O3/c1-18-5-4-14-17(15(18)9-13(21)10-18)16(22)8-11-7-12(20)3-6-19(11,14)2/h11,14-15,17H,3-10H2,1-2H3. The van der Waals surface area contributed by atoms with Crippen LogP contribution in [-0.4, -0.2) is 17.3 Å². The van der Waals surface area contributed by atoms with Crippen molar-refractivity contribution in [2.24, 2.45) is 34.5 Å². The van der Waals surface area contributed by atoms with Crippen molar-refractivity contribution in [3.05, 3.63) is 0 Å². The van der Waals surface area contributed by atoms with Gasteiger partial charge in [-0.2, -0.15) is 0 Å². The zero-order valence-corrected chi connectivity index (χ0v) is 13.7. The van der Waals surface area contributed by atoms with Crippen LogP contribution in [0.2, 0.25) is 0 Å². The quantitative estimate of drug-likeness (QED) is 0.689. The fraction of sp³-hybridized carbons (Fsp3) is 0.842. The summed E-state index contributed by atoms with van der Waals surface area (Å²) >= 11 is 0. The van der Waals surface area contributed by atoms with Crippen molar-refractivity contribution in [3.8, 4) is 0 Å². The molecule has 0 N–H and O–H groups in total. The molecule has 0 amide bonds. The molecular formula is C19H26O3. The zero-order valence-electron chi connectivity index (χ0n) is 13.7. The maximum Gasteiger partial charge on any atom is 0.136 e. The van der Waals surface area contributed by atoms with E-state index >= 15 is 0 Å². The van der Waals surface area contributed by atoms with Crippen molar-refractivity contribution in [3.63, 3.8) is 0 Å². The van der Waals surface area contributed by atoms with E-state index < -0.39 is 0 Å². The molecule has 0 aromatic rings. The van der Waals surface area contributed by atoms with Gasteiger partial charge in [0.25, 0.3) is 0 Å². The fourth-order valence-electron chi connectivity index (χ4n) is 6.51. The molecule has 0 bridgehead atoms. The average Bonchev–Trinajstić information content (AvgIpc) is 2.75. The van der Waals surface area contributed by atoms with Crippen LogP contribution in [0.3, 0.4) is 0 Å². The summed E-state index contributed by atoms with van der Waals surface area (Å²) in [5, 5.41) is 0. The second-order valence-electron chi connectivity index (χ2n) is 8.97. The third-order valence-corrected chi connectivity index (χ3v) is 7.85. The summed E-state index contributed by atoms with van der Waals surface area (Å²) in [5.41, 5.74) is 0.195. The van der Waals surface area contributed by atoms with Crippen LogP contribution in [0, 0.1) is 34.5 Å². The molecule has 6 atom stereocenters. The number of carbonyl (C=O) groups excluding carboxylic acids is 3. The average molecular weight is 302 g/mol. The van der Waals surface area contributed by atoms with Crippen LogP contribution in [0.15, 0.2) is 0 Å². The van der Waals surface area contributed by atoms with E-state index in [1.807, 2.05) is 0 Å². The number of ketones is 3. The van der Waals surface area contributed by atoms with Crippen LogP contribution in [0.4, 0.5) is 0 Å². The van der Waals surface area contributed by atoms with Gasteiger partial charge in [-0.3, -0.25) is 14.4 Å². The second-order valence-corrected chi connectivity index (χ2v) is 8.97. The summed E-state index contributed by atoms with van der Waals surface area (Å²) < 4.78 is 0. The molecule has 6 unspecified atom stereocenters. The minimum atomic E-state index is 0.0571. The van der Waals surface area contributed by atoms with Gasteiger partial charge >= 0.3 is 0 Å². The van der Waals surface area contributed by atoms with E-state index in [9.17, 15) is 14.4 Å². The maximum atomic E-state index is 12.9. The van der Waals surface area contributed by atoms with Gasteiger partial charge in [0.1, 0.15) is 17.3 Å². The van der Waals surface area contributed by atoms with E-state index in [4.69, 9.17) is 0 Å². The highest BCUT2D eigenvalue weighted by Gasteiger charge is 2.61. The largest absolute Gasteiger partial charge is 0.300 e. The zero-order chi connectivity index (χ0) is 15.7. The highest BCUT2D eigenvalue weighted by Crippen LogP contribution is 2.64. The Balaban J connectivity index is 1.71. The van der Waals surface area contributed by atoms with Gasteiger partial charge in [0.2, 0.25) is 0 Å². The SMILES string of the molecule is CC12CCC3C(C(=O)CC4CC(=O)CCC43C)C1CC(=O)C2. The van der Waals surface area contributed by atoms with Crippen LogP contribution >= 0.6 is 0 Å². The van der Waals surface area contributed by atoms with Crippen molar-refractivity contribution < 1.29 is 14.4 Å². The van der Waals surface area contributed by atoms with E-state index in [1.54, 1.807) is 0 Å². The molecule has 0 saturated heterocycles. The number of hydrogen-bond donors (Lipinski definition) is 0. The Labute approximate surface area is 132 Å². The number of Topliss-reactive ketones (excluding diaryl/α,β-unsaturated/α-hetero) is 3. The Morgan fingerprint density at radius 2 is 1.68 bits per heavy atom. The fourth-order valence-corrected chi connectivity index (χ4v) is 6.51. The molecule has 120 valence electrons. The molecule has 22 heavy (non-hydrogen) atoms. The van der Waals surface area contributed by atoms with Gasteiger partial charge < -0.3 is 0 Å². The first-order chi connectivity index (χ1) is 10.3.